The number of aromatic nitrogens is 2. The fourth-order valence-corrected chi connectivity index (χ4v) is 3.62. The zero-order chi connectivity index (χ0) is 17.8. The quantitative estimate of drug-likeness (QED) is 0.769. The monoisotopic (exact) mass is 344 g/mol. The molecule has 1 aromatic heterocycles. The third-order valence-corrected chi connectivity index (χ3v) is 5.44. The van der Waals surface area contributed by atoms with Crippen molar-refractivity contribution in [3.8, 4) is 0 Å². The van der Waals surface area contributed by atoms with Gasteiger partial charge in [-0.05, 0) is 38.2 Å². The molecule has 3 N–H and O–H groups in total. The largest absolute Gasteiger partial charge is 0.396 e. The lowest BCUT2D eigenvalue weighted by molar-refractivity contribution is 0.252. The maximum absolute atomic E-state index is 9.18. The third kappa shape index (κ3) is 4.73. The summed E-state index contributed by atoms with van der Waals surface area (Å²) in [5.74, 6) is 2.14. The second-order valence-electron chi connectivity index (χ2n) is 7.54. The van der Waals surface area contributed by atoms with Crippen molar-refractivity contribution >= 4 is 5.82 Å². The number of nitrogens with one attached hydrogen (secondary N) is 2. The molecule has 2 saturated carbocycles. The van der Waals surface area contributed by atoms with E-state index < -0.39 is 0 Å². The Morgan fingerprint density at radius 1 is 1.36 bits per heavy atom. The van der Waals surface area contributed by atoms with E-state index in [0.29, 0.717) is 12.5 Å². The van der Waals surface area contributed by atoms with Gasteiger partial charge in [-0.2, -0.15) is 5.10 Å². The second-order valence-corrected chi connectivity index (χ2v) is 7.54. The van der Waals surface area contributed by atoms with Gasteiger partial charge < -0.3 is 15.7 Å². The van der Waals surface area contributed by atoms with Crippen molar-refractivity contribution in [2.75, 3.05) is 19.0 Å². The number of aliphatic hydroxyl groups excluding tert-OH is 1. The lowest BCUT2D eigenvalue weighted by atomic mass is 9.92. The number of aryl methyl sites for hydroxylation is 2. The topological polar surface area (TPSA) is 62.1 Å². The first-order valence-electron chi connectivity index (χ1n) is 9.54. The Labute approximate surface area is 151 Å². The van der Waals surface area contributed by atoms with Crippen LogP contribution in [0.25, 0.3) is 0 Å². The Bertz CT molecular complexity index is 630. The molecule has 1 heterocycles. The molecule has 3 atom stereocenters. The van der Waals surface area contributed by atoms with E-state index in [0.717, 1.165) is 35.9 Å². The summed E-state index contributed by atoms with van der Waals surface area (Å²) < 4.78 is 1.81. The number of rotatable bonds is 5. The van der Waals surface area contributed by atoms with Crippen LogP contribution in [0.15, 0.2) is 29.9 Å². The van der Waals surface area contributed by atoms with Gasteiger partial charge in [-0.3, -0.25) is 4.68 Å². The second kappa shape index (κ2) is 8.19. The van der Waals surface area contributed by atoms with Crippen LogP contribution in [0.5, 0.6) is 0 Å². The fourth-order valence-electron chi connectivity index (χ4n) is 3.62. The van der Waals surface area contributed by atoms with Crippen molar-refractivity contribution < 1.29 is 5.11 Å². The molecule has 4 rings (SSSR count). The first-order chi connectivity index (χ1) is 12.1. The molecule has 1 aromatic rings. The highest BCUT2D eigenvalue weighted by molar-refractivity contribution is 5.35. The van der Waals surface area contributed by atoms with E-state index >= 15 is 0 Å². The molecule has 0 bridgehead atoms. The third-order valence-electron chi connectivity index (χ3n) is 5.44. The van der Waals surface area contributed by atoms with Crippen LogP contribution in [-0.2, 0) is 7.05 Å². The lowest BCUT2D eigenvalue weighted by Gasteiger charge is -2.27. The highest BCUT2D eigenvalue weighted by atomic mass is 16.3. The van der Waals surface area contributed by atoms with Crippen LogP contribution in [0, 0.1) is 18.8 Å². The van der Waals surface area contributed by atoms with Crippen LogP contribution in [0.2, 0.25) is 0 Å². The SMILES string of the molecule is CNc1cc(C)nn1C.OCC1C=C(C2CC2NC2CCC2)C=CC1. The summed E-state index contributed by atoms with van der Waals surface area (Å²) in [4.78, 5) is 0. The first kappa shape index (κ1) is 18.2. The number of hydrogen-bond donors (Lipinski definition) is 3. The van der Waals surface area contributed by atoms with Crippen molar-refractivity contribution in [1.82, 2.24) is 15.1 Å². The maximum atomic E-state index is 9.18. The van der Waals surface area contributed by atoms with Crippen molar-refractivity contribution in [3.63, 3.8) is 0 Å². The highest BCUT2D eigenvalue weighted by Crippen LogP contribution is 2.41. The first-order valence-corrected chi connectivity index (χ1v) is 9.54. The number of aliphatic hydroxyl groups is 1. The molecule has 3 aliphatic carbocycles. The molecule has 0 saturated heterocycles. The lowest BCUT2D eigenvalue weighted by Crippen LogP contribution is -2.37. The van der Waals surface area contributed by atoms with Gasteiger partial charge in [0.2, 0.25) is 0 Å². The Hall–Kier alpha value is -1.59. The molecule has 0 amide bonds. The van der Waals surface area contributed by atoms with Gasteiger partial charge >= 0.3 is 0 Å². The van der Waals surface area contributed by atoms with E-state index in [2.05, 4.69) is 34.0 Å². The molecule has 0 aromatic carbocycles. The maximum Gasteiger partial charge on any atom is 0.123 e. The molecule has 25 heavy (non-hydrogen) atoms. The number of hydrogen-bond acceptors (Lipinski definition) is 4. The van der Waals surface area contributed by atoms with E-state index in [9.17, 15) is 5.11 Å². The van der Waals surface area contributed by atoms with E-state index in [1.165, 1.54) is 31.3 Å². The fraction of sp³-hybridized carbons (Fsp3) is 0.650. The van der Waals surface area contributed by atoms with Gasteiger partial charge in [0.05, 0.1) is 5.69 Å². The number of anilines is 1. The average Bonchev–Trinajstić information content (AvgIpc) is 3.28. The van der Waals surface area contributed by atoms with E-state index in [1.54, 1.807) is 0 Å². The van der Waals surface area contributed by atoms with Crippen molar-refractivity contribution in [1.29, 1.82) is 0 Å². The van der Waals surface area contributed by atoms with Gasteiger partial charge in [-0.25, -0.2) is 0 Å². The summed E-state index contributed by atoms with van der Waals surface area (Å²) in [6.45, 7) is 2.27. The van der Waals surface area contributed by atoms with Gasteiger partial charge in [0.15, 0.2) is 0 Å². The van der Waals surface area contributed by atoms with Crippen LogP contribution in [0.3, 0.4) is 0 Å². The molecule has 2 fully saturated rings. The minimum Gasteiger partial charge on any atom is -0.396 e. The molecule has 3 unspecified atom stereocenters. The van der Waals surface area contributed by atoms with E-state index in [1.807, 2.05) is 31.8 Å². The molecular formula is C20H32N4O. The molecule has 5 nitrogen and oxygen atoms in total. The number of nitrogens with zero attached hydrogens (tertiary/aromatic N) is 2. The smallest absolute Gasteiger partial charge is 0.123 e. The predicted octanol–water partition coefficient (Wildman–Crippen LogP) is 2.78. The van der Waals surface area contributed by atoms with Gasteiger partial charge in [-0.1, -0.05) is 24.6 Å². The summed E-state index contributed by atoms with van der Waals surface area (Å²) in [6, 6.07) is 3.52. The molecule has 5 heteroatoms. The Morgan fingerprint density at radius 3 is 2.68 bits per heavy atom. The number of allylic oxidation sites excluding steroid dienone is 2. The van der Waals surface area contributed by atoms with Gasteiger partial charge in [0.1, 0.15) is 5.82 Å². The molecular weight excluding hydrogens is 312 g/mol. The summed E-state index contributed by atoms with van der Waals surface area (Å²) in [7, 11) is 3.80. The van der Waals surface area contributed by atoms with Gasteiger partial charge in [0, 0.05) is 50.7 Å². The van der Waals surface area contributed by atoms with E-state index in [4.69, 9.17) is 0 Å². The van der Waals surface area contributed by atoms with Crippen LogP contribution in [0.1, 0.15) is 37.8 Å². The summed E-state index contributed by atoms with van der Waals surface area (Å²) in [5.41, 5.74) is 2.50. The van der Waals surface area contributed by atoms with Crippen LogP contribution in [0.4, 0.5) is 5.82 Å². The molecule has 0 spiro atoms. The van der Waals surface area contributed by atoms with Crippen molar-refractivity contribution in [3.05, 3.63) is 35.6 Å². The predicted molar refractivity (Wildman–Crippen MR) is 103 cm³/mol. The zero-order valence-corrected chi connectivity index (χ0v) is 15.7. The minimum absolute atomic E-state index is 0.293. The molecule has 0 radical (unpaired) electrons. The standard InChI is InChI=1S/C14H21NO.C6H11N3/c16-9-10-3-1-4-11(7-10)13-8-14(13)15-12-5-2-6-12;1-5-4-6(7-2)9(3)8-5/h1,4,7,10,12-16H,2-3,5-6,8-9H2;4,7H,1-3H3. The summed E-state index contributed by atoms with van der Waals surface area (Å²) >= 11 is 0. The molecule has 0 aliphatic heterocycles. The average molecular weight is 345 g/mol. The Balaban J connectivity index is 0.000000173. The van der Waals surface area contributed by atoms with Gasteiger partial charge in [0.25, 0.3) is 0 Å². The minimum atomic E-state index is 0.293. The Morgan fingerprint density at radius 2 is 2.16 bits per heavy atom. The normalized spacial score (nSPS) is 27.8. The molecule has 138 valence electrons. The van der Waals surface area contributed by atoms with Crippen LogP contribution in [-0.4, -0.2) is 40.6 Å². The van der Waals surface area contributed by atoms with Crippen LogP contribution < -0.4 is 10.6 Å². The van der Waals surface area contributed by atoms with Crippen LogP contribution >= 0.6 is 0 Å². The summed E-state index contributed by atoms with van der Waals surface area (Å²) in [5, 5.41) is 20.1. The van der Waals surface area contributed by atoms with Crippen molar-refractivity contribution in [2.45, 2.75) is 51.1 Å². The zero-order valence-electron chi connectivity index (χ0n) is 15.7. The Kier molecular flexibility index (Phi) is 5.97. The van der Waals surface area contributed by atoms with E-state index in [-0.39, 0.29) is 0 Å². The highest BCUT2D eigenvalue weighted by Gasteiger charge is 2.41. The van der Waals surface area contributed by atoms with Gasteiger partial charge in [-0.15, -0.1) is 0 Å². The van der Waals surface area contributed by atoms with Crippen molar-refractivity contribution in [2.24, 2.45) is 18.9 Å². The summed E-state index contributed by atoms with van der Waals surface area (Å²) in [6.07, 6.45) is 13.2. The molecule has 3 aliphatic rings.